The van der Waals surface area contributed by atoms with Gasteiger partial charge < -0.3 is 0 Å². The molecule has 0 saturated carbocycles. The number of nitrogens with zero attached hydrogens (tertiary/aromatic N) is 2. The molecule has 5 aromatic rings. The van der Waals surface area contributed by atoms with Crippen LogP contribution in [0.3, 0.4) is 0 Å². The van der Waals surface area contributed by atoms with E-state index < -0.39 is 9.84 Å². The van der Waals surface area contributed by atoms with Gasteiger partial charge in [-0.15, -0.1) is 0 Å². The van der Waals surface area contributed by atoms with Gasteiger partial charge in [-0.3, -0.25) is 10.1 Å². The highest BCUT2D eigenvalue weighted by Gasteiger charge is 2.17. The molecule has 9 heteroatoms. The third-order valence-corrected chi connectivity index (χ3v) is 7.41. The predicted molar refractivity (Wildman–Crippen MR) is 133 cm³/mol. The smallest absolute Gasteiger partial charge is 0.258 e. The number of sulfone groups is 1. The van der Waals surface area contributed by atoms with Crippen molar-refractivity contribution < 1.29 is 13.2 Å². The summed E-state index contributed by atoms with van der Waals surface area (Å²) in [5.74, 6) is -0.328. The number of hydrogen-bond donors (Lipinski definition) is 1. The largest absolute Gasteiger partial charge is 0.298 e. The minimum absolute atomic E-state index is 0.212. The number of aromatic nitrogens is 2. The summed E-state index contributed by atoms with van der Waals surface area (Å²) in [6.45, 7) is 0. The molecule has 0 atom stereocenters. The van der Waals surface area contributed by atoms with Gasteiger partial charge in [0.15, 0.2) is 15.0 Å². The SMILES string of the molecule is CS(=O)(=O)c1ccc2nc(NC(=O)c3cc(-c4ccc(Cl)cc4)nc4ccccc34)sc2c1. The van der Waals surface area contributed by atoms with Crippen LogP contribution in [0.5, 0.6) is 0 Å². The number of rotatable bonds is 4. The van der Waals surface area contributed by atoms with E-state index in [1.807, 2.05) is 36.4 Å². The summed E-state index contributed by atoms with van der Waals surface area (Å²) in [7, 11) is -3.33. The fraction of sp³-hybridized carbons (Fsp3) is 0.0417. The van der Waals surface area contributed by atoms with Crippen molar-refractivity contribution in [3.05, 3.63) is 83.4 Å². The molecule has 1 N–H and O–H groups in total. The molecule has 0 radical (unpaired) electrons. The molecule has 1 amide bonds. The Kier molecular flexibility index (Phi) is 5.36. The number of para-hydroxylation sites is 1. The zero-order valence-electron chi connectivity index (χ0n) is 17.2. The zero-order chi connectivity index (χ0) is 23.2. The average Bonchev–Trinajstić information content (AvgIpc) is 3.19. The highest BCUT2D eigenvalue weighted by Crippen LogP contribution is 2.30. The summed E-state index contributed by atoms with van der Waals surface area (Å²) < 4.78 is 24.4. The fourth-order valence-corrected chi connectivity index (χ4v) is 5.23. The number of anilines is 1. The van der Waals surface area contributed by atoms with Crippen LogP contribution < -0.4 is 5.32 Å². The van der Waals surface area contributed by atoms with Crippen LogP contribution in [0, 0.1) is 0 Å². The molecule has 0 unspecified atom stereocenters. The average molecular weight is 494 g/mol. The third kappa shape index (κ3) is 4.32. The summed E-state index contributed by atoms with van der Waals surface area (Å²) in [6.07, 6.45) is 1.16. The maximum absolute atomic E-state index is 13.3. The second-order valence-corrected chi connectivity index (χ2v) is 10.9. The summed E-state index contributed by atoms with van der Waals surface area (Å²) >= 11 is 7.23. The molecule has 0 aliphatic rings. The number of thiazole rings is 1. The lowest BCUT2D eigenvalue weighted by Gasteiger charge is -2.09. The van der Waals surface area contributed by atoms with Gasteiger partial charge >= 0.3 is 0 Å². The molecule has 2 aromatic heterocycles. The normalized spacial score (nSPS) is 11.7. The van der Waals surface area contributed by atoms with Crippen LogP contribution in [0.2, 0.25) is 5.02 Å². The standard InChI is InChI=1S/C24H16ClN3O3S2/c1-33(30,31)16-10-11-20-22(12-16)32-24(27-20)28-23(29)18-13-21(14-6-8-15(25)9-7-14)26-19-5-3-2-4-17(18)19/h2-13H,1H3,(H,27,28,29). The Hall–Kier alpha value is -3.33. The topological polar surface area (TPSA) is 89.0 Å². The van der Waals surface area contributed by atoms with Crippen molar-refractivity contribution in [3.8, 4) is 11.3 Å². The number of fused-ring (bicyclic) bond motifs is 2. The summed E-state index contributed by atoms with van der Waals surface area (Å²) in [5, 5.41) is 4.57. The number of carbonyl (C=O) groups excluding carboxylic acids is 1. The minimum atomic E-state index is -3.33. The van der Waals surface area contributed by atoms with Crippen molar-refractivity contribution in [1.82, 2.24) is 9.97 Å². The van der Waals surface area contributed by atoms with Crippen molar-refractivity contribution in [2.75, 3.05) is 11.6 Å². The monoisotopic (exact) mass is 493 g/mol. The molecule has 164 valence electrons. The van der Waals surface area contributed by atoms with Crippen molar-refractivity contribution >= 4 is 64.9 Å². The van der Waals surface area contributed by atoms with Gasteiger partial charge in [0.05, 0.1) is 31.9 Å². The number of nitrogens with one attached hydrogen (secondary N) is 1. The molecule has 0 saturated heterocycles. The lowest BCUT2D eigenvalue weighted by molar-refractivity contribution is 0.102. The Morgan fingerprint density at radius 2 is 1.70 bits per heavy atom. The molecule has 33 heavy (non-hydrogen) atoms. The lowest BCUT2D eigenvalue weighted by atomic mass is 10.0. The minimum Gasteiger partial charge on any atom is -0.298 e. The molecule has 0 fully saturated rings. The highest BCUT2D eigenvalue weighted by molar-refractivity contribution is 7.90. The van der Waals surface area contributed by atoms with Gasteiger partial charge in [0.2, 0.25) is 0 Å². The number of halogens is 1. The first-order valence-electron chi connectivity index (χ1n) is 9.86. The van der Waals surface area contributed by atoms with Crippen LogP contribution in [0.4, 0.5) is 5.13 Å². The second-order valence-electron chi connectivity index (χ2n) is 7.45. The van der Waals surface area contributed by atoms with E-state index in [9.17, 15) is 13.2 Å². The van der Waals surface area contributed by atoms with Crippen molar-refractivity contribution in [2.24, 2.45) is 0 Å². The summed E-state index contributed by atoms with van der Waals surface area (Å²) in [4.78, 5) is 22.6. The number of hydrogen-bond acceptors (Lipinski definition) is 6. The van der Waals surface area contributed by atoms with Gasteiger partial charge in [-0.05, 0) is 42.5 Å². The molecule has 0 spiro atoms. The quantitative estimate of drug-likeness (QED) is 0.340. The number of benzene rings is 3. The Labute approximate surface area is 198 Å². The lowest BCUT2D eigenvalue weighted by Crippen LogP contribution is -2.13. The van der Waals surface area contributed by atoms with Crippen molar-refractivity contribution in [2.45, 2.75) is 4.90 Å². The molecule has 0 bridgehead atoms. The summed E-state index contributed by atoms with van der Waals surface area (Å²) in [6, 6.07) is 21.2. The van der Waals surface area contributed by atoms with Crippen LogP contribution in [-0.4, -0.2) is 30.5 Å². The molecule has 2 heterocycles. The van der Waals surface area contributed by atoms with Gasteiger partial charge in [-0.2, -0.15) is 0 Å². The first-order chi connectivity index (χ1) is 15.8. The van der Waals surface area contributed by atoms with Crippen LogP contribution in [0.15, 0.2) is 77.7 Å². The van der Waals surface area contributed by atoms with E-state index >= 15 is 0 Å². The van der Waals surface area contributed by atoms with Crippen molar-refractivity contribution in [3.63, 3.8) is 0 Å². The van der Waals surface area contributed by atoms with Gasteiger partial charge in [0.25, 0.3) is 5.91 Å². The Morgan fingerprint density at radius 1 is 0.939 bits per heavy atom. The predicted octanol–water partition coefficient (Wildman–Crippen LogP) is 5.82. The highest BCUT2D eigenvalue weighted by atomic mass is 35.5. The third-order valence-electron chi connectivity index (χ3n) is 5.11. The molecule has 5 rings (SSSR count). The van der Waals surface area contributed by atoms with E-state index in [0.717, 1.165) is 11.8 Å². The van der Waals surface area contributed by atoms with Gasteiger partial charge in [0.1, 0.15) is 0 Å². The molecule has 0 aliphatic heterocycles. The number of pyridine rings is 1. The molecular weight excluding hydrogens is 478 g/mol. The maximum atomic E-state index is 13.3. The van der Waals surface area contributed by atoms with Crippen LogP contribution in [-0.2, 0) is 9.84 Å². The Morgan fingerprint density at radius 3 is 2.45 bits per heavy atom. The van der Waals surface area contributed by atoms with Gasteiger partial charge in [-0.1, -0.05) is 53.3 Å². The Balaban J connectivity index is 1.54. The number of carbonyl (C=O) groups is 1. The van der Waals surface area contributed by atoms with E-state index in [1.165, 1.54) is 17.4 Å². The van der Waals surface area contributed by atoms with Crippen LogP contribution >= 0.6 is 22.9 Å². The first-order valence-corrected chi connectivity index (χ1v) is 12.9. The van der Waals surface area contributed by atoms with E-state index in [-0.39, 0.29) is 10.8 Å². The molecule has 6 nitrogen and oxygen atoms in total. The van der Waals surface area contributed by atoms with E-state index in [2.05, 4.69) is 10.3 Å². The summed E-state index contributed by atoms with van der Waals surface area (Å²) in [5.41, 5.74) is 3.26. The Bertz CT molecular complexity index is 1650. The zero-order valence-corrected chi connectivity index (χ0v) is 19.6. The van der Waals surface area contributed by atoms with Gasteiger partial charge in [0, 0.05) is 22.2 Å². The fourth-order valence-electron chi connectivity index (χ4n) is 3.49. The number of amides is 1. The first kappa shape index (κ1) is 21.5. The molecular formula is C24H16ClN3O3S2. The second kappa shape index (κ2) is 8.22. The van der Waals surface area contributed by atoms with E-state index in [0.29, 0.717) is 42.5 Å². The van der Waals surface area contributed by atoms with Crippen molar-refractivity contribution in [1.29, 1.82) is 0 Å². The van der Waals surface area contributed by atoms with Crippen LogP contribution in [0.1, 0.15) is 10.4 Å². The molecule has 0 aliphatic carbocycles. The van der Waals surface area contributed by atoms with E-state index in [1.54, 1.807) is 30.3 Å². The molecule has 3 aromatic carbocycles. The maximum Gasteiger partial charge on any atom is 0.258 e. The van der Waals surface area contributed by atoms with E-state index in [4.69, 9.17) is 16.6 Å². The van der Waals surface area contributed by atoms with Crippen LogP contribution in [0.25, 0.3) is 32.4 Å². The van der Waals surface area contributed by atoms with Gasteiger partial charge in [-0.25, -0.2) is 18.4 Å².